The molecule has 0 spiro atoms. The molecular formula is C10H11NOS. The zero-order valence-electron chi connectivity index (χ0n) is 7.10. The number of thiophene rings is 1. The van der Waals surface area contributed by atoms with Gasteiger partial charge in [0.2, 0.25) is 0 Å². The van der Waals surface area contributed by atoms with Crippen LogP contribution in [0.15, 0.2) is 29.6 Å². The molecule has 3 heteroatoms. The minimum atomic E-state index is -0.265. The first-order valence-electron chi connectivity index (χ1n) is 4.15. The zero-order valence-corrected chi connectivity index (χ0v) is 7.92. The summed E-state index contributed by atoms with van der Waals surface area (Å²) >= 11 is 1.69. The Morgan fingerprint density at radius 3 is 3.00 bits per heavy atom. The van der Waals surface area contributed by atoms with Crippen LogP contribution in [-0.2, 0) is 0 Å². The summed E-state index contributed by atoms with van der Waals surface area (Å²) in [6, 6.07) is 7.79. The molecule has 13 heavy (non-hydrogen) atoms. The Hall–Kier alpha value is -0.900. The van der Waals surface area contributed by atoms with Crippen LogP contribution in [0.1, 0.15) is 11.6 Å². The molecule has 3 N–H and O–H groups in total. The van der Waals surface area contributed by atoms with Gasteiger partial charge in [-0.15, -0.1) is 11.3 Å². The Labute approximate surface area is 80.6 Å². The highest BCUT2D eigenvalue weighted by atomic mass is 32.1. The van der Waals surface area contributed by atoms with Crippen molar-refractivity contribution in [2.24, 2.45) is 5.73 Å². The number of hydrogen-bond donors (Lipinski definition) is 2. The molecule has 1 atom stereocenters. The number of benzene rings is 1. The third kappa shape index (κ3) is 1.46. The van der Waals surface area contributed by atoms with Crippen molar-refractivity contribution in [2.45, 2.75) is 6.04 Å². The van der Waals surface area contributed by atoms with E-state index in [1.54, 1.807) is 11.3 Å². The average Bonchev–Trinajstić information content (AvgIpc) is 2.63. The van der Waals surface area contributed by atoms with E-state index in [1.165, 1.54) is 4.70 Å². The summed E-state index contributed by atoms with van der Waals surface area (Å²) in [5.74, 6) is 0. The largest absolute Gasteiger partial charge is 0.394 e. The van der Waals surface area contributed by atoms with E-state index >= 15 is 0 Å². The van der Waals surface area contributed by atoms with Gasteiger partial charge in [-0.1, -0.05) is 12.1 Å². The normalized spacial score (nSPS) is 13.4. The van der Waals surface area contributed by atoms with Gasteiger partial charge in [0.25, 0.3) is 0 Å². The molecule has 0 fully saturated rings. The van der Waals surface area contributed by atoms with Crippen LogP contribution in [0.5, 0.6) is 0 Å². The lowest BCUT2D eigenvalue weighted by Crippen LogP contribution is -2.14. The van der Waals surface area contributed by atoms with Crippen LogP contribution in [0.2, 0.25) is 0 Å². The maximum absolute atomic E-state index is 8.96. The first kappa shape index (κ1) is 8.69. The highest BCUT2D eigenvalue weighted by molar-refractivity contribution is 7.17. The lowest BCUT2D eigenvalue weighted by molar-refractivity contribution is 0.268. The van der Waals surface area contributed by atoms with Crippen LogP contribution < -0.4 is 5.73 Å². The summed E-state index contributed by atoms with van der Waals surface area (Å²) in [5, 5.41) is 12.2. The maximum atomic E-state index is 8.96. The third-order valence-electron chi connectivity index (χ3n) is 2.13. The second-order valence-electron chi connectivity index (χ2n) is 2.97. The van der Waals surface area contributed by atoms with E-state index < -0.39 is 0 Å². The first-order valence-corrected chi connectivity index (χ1v) is 5.03. The van der Waals surface area contributed by atoms with Crippen LogP contribution in [0.4, 0.5) is 0 Å². The van der Waals surface area contributed by atoms with Gasteiger partial charge in [0, 0.05) is 4.70 Å². The van der Waals surface area contributed by atoms with Crippen molar-refractivity contribution < 1.29 is 5.11 Å². The van der Waals surface area contributed by atoms with Crippen LogP contribution >= 0.6 is 11.3 Å². The van der Waals surface area contributed by atoms with Crippen molar-refractivity contribution >= 4 is 21.4 Å². The molecule has 0 radical (unpaired) electrons. The number of aliphatic hydroxyl groups excluding tert-OH is 1. The van der Waals surface area contributed by atoms with E-state index in [1.807, 2.05) is 23.6 Å². The van der Waals surface area contributed by atoms with Gasteiger partial charge in [-0.2, -0.15) is 0 Å². The van der Waals surface area contributed by atoms with Crippen LogP contribution in [0, 0.1) is 0 Å². The fraction of sp³-hybridized carbons (Fsp3) is 0.200. The smallest absolute Gasteiger partial charge is 0.0624 e. The Morgan fingerprint density at radius 2 is 2.23 bits per heavy atom. The van der Waals surface area contributed by atoms with Gasteiger partial charge in [0.15, 0.2) is 0 Å². The molecule has 0 aliphatic rings. The number of fused-ring (bicyclic) bond motifs is 1. The van der Waals surface area contributed by atoms with Crippen molar-refractivity contribution in [3.05, 3.63) is 35.2 Å². The van der Waals surface area contributed by atoms with E-state index in [4.69, 9.17) is 10.8 Å². The van der Waals surface area contributed by atoms with Crippen LogP contribution in [0.3, 0.4) is 0 Å². The van der Waals surface area contributed by atoms with E-state index in [9.17, 15) is 0 Å². The molecule has 1 aromatic carbocycles. The fourth-order valence-electron chi connectivity index (χ4n) is 1.44. The zero-order chi connectivity index (χ0) is 9.26. The summed E-state index contributed by atoms with van der Waals surface area (Å²) in [6.45, 7) is -0.00500. The number of nitrogens with two attached hydrogens (primary N) is 1. The lowest BCUT2D eigenvalue weighted by atomic mass is 10.0. The molecule has 1 aromatic heterocycles. The Balaban J connectivity index is 2.60. The van der Waals surface area contributed by atoms with E-state index in [0.717, 1.165) is 10.9 Å². The van der Waals surface area contributed by atoms with E-state index in [-0.39, 0.29) is 12.6 Å². The number of rotatable bonds is 2. The van der Waals surface area contributed by atoms with Gasteiger partial charge in [-0.3, -0.25) is 0 Å². The molecule has 0 aliphatic heterocycles. The molecule has 2 rings (SSSR count). The lowest BCUT2D eigenvalue weighted by Gasteiger charge is -2.09. The van der Waals surface area contributed by atoms with Gasteiger partial charge in [0.05, 0.1) is 12.6 Å². The highest BCUT2D eigenvalue weighted by Gasteiger charge is 2.08. The van der Waals surface area contributed by atoms with Gasteiger partial charge < -0.3 is 10.8 Å². The Kier molecular flexibility index (Phi) is 2.31. The average molecular weight is 193 g/mol. The summed E-state index contributed by atoms with van der Waals surface area (Å²) in [6.07, 6.45) is 0. The SMILES string of the molecule is N[C@H](CO)c1cccc2sccc12. The molecule has 0 bridgehead atoms. The predicted octanol–water partition coefficient (Wildman–Crippen LogP) is 1.89. The molecule has 0 saturated carbocycles. The van der Waals surface area contributed by atoms with E-state index in [0.29, 0.717) is 0 Å². The van der Waals surface area contributed by atoms with Crippen molar-refractivity contribution in [3.63, 3.8) is 0 Å². The molecule has 0 saturated heterocycles. The van der Waals surface area contributed by atoms with Crippen LogP contribution in [-0.4, -0.2) is 11.7 Å². The highest BCUT2D eigenvalue weighted by Crippen LogP contribution is 2.26. The van der Waals surface area contributed by atoms with Crippen molar-refractivity contribution in [3.8, 4) is 0 Å². The Bertz CT molecular complexity index is 410. The first-order chi connectivity index (χ1) is 6.33. The second kappa shape index (κ2) is 3.46. The summed E-state index contributed by atoms with van der Waals surface area (Å²) in [7, 11) is 0. The second-order valence-corrected chi connectivity index (χ2v) is 3.92. The molecule has 0 amide bonds. The molecule has 2 nitrogen and oxygen atoms in total. The minimum absolute atomic E-state index is 0.00500. The fourth-order valence-corrected chi connectivity index (χ4v) is 2.26. The van der Waals surface area contributed by atoms with Gasteiger partial charge in [0.1, 0.15) is 0 Å². The predicted molar refractivity (Wildman–Crippen MR) is 55.8 cm³/mol. The summed E-state index contributed by atoms with van der Waals surface area (Å²) < 4.78 is 1.22. The summed E-state index contributed by atoms with van der Waals surface area (Å²) in [5.41, 5.74) is 6.80. The molecule has 0 aliphatic carbocycles. The van der Waals surface area contributed by atoms with Gasteiger partial charge in [-0.25, -0.2) is 0 Å². The van der Waals surface area contributed by atoms with Crippen molar-refractivity contribution in [1.82, 2.24) is 0 Å². The van der Waals surface area contributed by atoms with Crippen molar-refractivity contribution in [1.29, 1.82) is 0 Å². The maximum Gasteiger partial charge on any atom is 0.0624 e. The number of aliphatic hydroxyl groups is 1. The molecule has 2 aromatic rings. The monoisotopic (exact) mass is 193 g/mol. The third-order valence-corrected chi connectivity index (χ3v) is 3.01. The molecule has 1 heterocycles. The molecule has 0 unspecified atom stereocenters. The molecular weight excluding hydrogens is 182 g/mol. The molecule has 68 valence electrons. The summed E-state index contributed by atoms with van der Waals surface area (Å²) in [4.78, 5) is 0. The van der Waals surface area contributed by atoms with E-state index in [2.05, 4.69) is 6.07 Å². The number of hydrogen-bond acceptors (Lipinski definition) is 3. The Morgan fingerprint density at radius 1 is 1.38 bits per heavy atom. The van der Waals surface area contributed by atoms with Crippen LogP contribution in [0.25, 0.3) is 10.1 Å². The van der Waals surface area contributed by atoms with Gasteiger partial charge >= 0.3 is 0 Å². The quantitative estimate of drug-likeness (QED) is 0.765. The standard InChI is InChI=1S/C10H11NOS/c11-9(6-12)7-2-1-3-10-8(7)4-5-13-10/h1-5,9,12H,6,11H2/t9-/m1/s1. The topological polar surface area (TPSA) is 46.2 Å². The van der Waals surface area contributed by atoms with Gasteiger partial charge in [-0.05, 0) is 28.5 Å². The van der Waals surface area contributed by atoms with Crippen molar-refractivity contribution in [2.75, 3.05) is 6.61 Å². The minimum Gasteiger partial charge on any atom is -0.394 e.